The lowest BCUT2D eigenvalue weighted by Gasteiger charge is -2.16. The molecule has 1 aliphatic carbocycles. The molecule has 0 spiro atoms. The minimum atomic E-state index is 0.579. The van der Waals surface area contributed by atoms with E-state index in [9.17, 15) is 0 Å². The molecular formula is C9H15N. The van der Waals surface area contributed by atoms with Crippen LogP contribution in [0.5, 0.6) is 0 Å². The molecule has 0 atom stereocenters. The molecular weight excluding hydrogens is 122 g/mol. The number of rotatable bonds is 3. The first-order chi connectivity index (χ1) is 4.71. The zero-order chi connectivity index (χ0) is 7.61. The Balaban J connectivity index is 2.32. The first-order valence-electron chi connectivity index (χ1n) is 4.08. The van der Waals surface area contributed by atoms with Crippen LogP contribution in [-0.2, 0) is 0 Å². The maximum Gasteiger partial charge on any atom is 0.0621 e. The van der Waals surface area contributed by atoms with Gasteiger partial charge in [0.1, 0.15) is 0 Å². The molecule has 0 unspecified atom stereocenters. The van der Waals surface area contributed by atoms with Gasteiger partial charge in [0.2, 0.25) is 0 Å². The zero-order valence-corrected chi connectivity index (χ0v) is 6.85. The Hall–Kier alpha value is -0.510. The van der Waals surface area contributed by atoms with Crippen molar-refractivity contribution >= 4 is 0 Å². The topological polar surface area (TPSA) is 23.8 Å². The molecule has 10 heavy (non-hydrogen) atoms. The highest BCUT2D eigenvalue weighted by Crippen LogP contribution is 2.55. The van der Waals surface area contributed by atoms with Crippen molar-refractivity contribution in [2.24, 2.45) is 11.3 Å². The van der Waals surface area contributed by atoms with Crippen LogP contribution in [-0.4, -0.2) is 0 Å². The molecule has 0 N–H and O–H groups in total. The summed E-state index contributed by atoms with van der Waals surface area (Å²) in [6.07, 6.45) is 4.58. The van der Waals surface area contributed by atoms with Gasteiger partial charge in [-0.1, -0.05) is 13.8 Å². The van der Waals surface area contributed by atoms with Crippen LogP contribution < -0.4 is 0 Å². The maximum absolute atomic E-state index is 8.39. The van der Waals surface area contributed by atoms with Gasteiger partial charge < -0.3 is 0 Å². The second-order valence-electron chi connectivity index (χ2n) is 3.68. The fourth-order valence-corrected chi connectivity index (χ4v) is 1.58. The standard InChI is InChI=1S/C9H15N/c1-8(2)9(5-6-9)4-3-7-10/h8H,3-6H2,1-2H3. The molecule has 1 saturated carbocycles. The molecule has 0 radical (unpaired) electrons. The van der Waals surface area contributed by atoms with Crippen molar-refractivity contribution in [3.63, 3.8) is 0 Å². The molecule has 0 amide bonds. The molecule has 1 aliphatic rings. The predicted octanol–water partition coefficient (Wildman–Crippen LogP) is 2.73. The van der Waals surface area contributed by atoms with E-state index < -0.39 is 0 Å². The summed E-state index contributed by atoms with van der Waals surface area (Å²) in [6, 6.07) is 2.22. The van der Waals surface area contributed by atoms with Crippen molar-refractivity contribution in [1.82, 2.24) is 0 Å². The monoisotopic (exact) mass is 137 g/mol. The van der Waals surface area contributed by atoms with Gasteiger partial charge in [0.15, 0.2) is 0 Å². The van der Waals surface area contributed by atoms with Crippen molar-refractivity contribution in [2.75, 3.05) is 0 Å². The molecule has 56 valence electrons. The van der Waals surface area contributed by atoms with Gasteiger partial charge in [-0.15, -0.1) is 0 Å². The minimum absolute atomic E-state index is 0.579. The Morgan fingerprint density at radius 2 is 2.10 bits per heavy atom. The first kappa shape index (κ1) is 7.60. The predicted molar refractivity (Wildman–Crippen MR) is 41.4 cm³/mol. The van der Waals surface area contributed by atoms with Crippen LogP contribution >= 0.6 is 0 Å². The summed E-state index contributed by atoms with van der Waals surface area (Å²) >= 11 is 0. The van der Waals surface area contributed by atoms with Crippen LogP contribution in [0, 0.1) is 22.7 Å². The van der Waals surface area contributed by atoms with E-state index in [0.29, 0.717) is 5.41 Å². The van der Waals surface area contributed by atoms with Crippen LogP contribution in [0.4, 0.5) is 0 Å². The van der Waals surface area contributed by atoms with Gasteiger partial charge in [-0.3, -0.25) is 0 Å². The van der Waals surface area contributed by atoms with Gasteiger partial charge in [-0.05, 0) is 30.6 Å². The van der Waals surface area contributed by atoms with Crippen molar-refractivity contribution in [3.8, 4) is 6.07 Å². The van der Waals surface area contributed by atoms with E-state index in [1.165, 1.54) is 12.8 Å². The van der Waals surface area contributed by atoms with Gasteiger partial charge in [0.05, 0.1) is 6.07 Å². The Labute approximate surface area is 63.0 Å². The van der Waals surface area contributed by atoms with E-state index >= 15 is 0 Å². The molecule has 1 heteroatoms. The smallest absolute Gasteiger partial charge is 0.0621 e. The molecule has 1 fully saturated rings. The molecule has 1 rings (SSSR count). The van der Waals surface area contributed by atoms with Gasteiger partial charge >= 0.3 is 0 Å². The van der Waals surface area contributed by atoms with Crippen molar-refractivity contribution in [2.45, 2.75) is 39.5 Å². The second kappa shape index (κ2) is 2.62. The number of nitriles is 1. The molecule has 0 aromatic rings. The van der Waals surface area contributed by atoms with Gasteiger partial charge in [-0.25, -0.2) is 0 Å². The average molecular weight is 137 g/mol. The normalized spacial score (nSPS) is 20.6. The lowest BCUT2D eigenvalue weighted by atomic mass is 9.88. The number of nitrogens with zero attached hydrogens (tertiary/aromatic N) is 1. The highest BCUT2D eigenvalue weighted by molar-refractivity contribution is 4.96. The summed E-state index contributed by atoms with van der Waals surface area (Å²) in [7, 11) is 0. The Kier molecular flexibility index (Phi) is 1.99. The van der Waals surface area contributed by atoms with Crippen molar-refractivity contribution in [1.29, 1.82) is 5.26 Å². The third-order valence-corrected chi connectivity index (χ3v) is 2.85. The van der Waals surface area contributed by atoms with E-state index in [-0.39, 0.29) is 0 Å². The maximum atomic E-state index is 8.39. The number of hydrogen-bond donors (Lipinski definition) is 0. The summed E-state index contributed by atoms with van der Waals surface area (Å²) in [5.41, 5.74) is 0.579. The average Bonchev–Trinajstić information content (AvgIpc) is 2.64. The highest BCUT2D eigenvalue weighted by Gasteiger charge is 2.44. The van der Waals surface area contributed by atoms with Crippen LogP contribution in [0.2, 0.25) is 0 Å². The molecule has 0 heterocycles. The molecule has 0 saturated heterocycles. The summed E-state index contributed by atoms with van der Waals surface area (Å²) in [4.78, 5) is 0. The van der Waals surface area contributed by atoms with E-state index in [4.69, 9.17) is 5.26 Å². The van der Waals surface area contributed by atoms with Gasteiger partial charge in [-0.2, -0.15) is 5.26 Å². The molecule has 0 aromatic heterocycles. The van der Waals surface area contributed by atoms with Crippen LogP contribution in [0.15, 0.2) is 0 Å². The third kappa shape index (κ3) is 1.31. The third-order valence-electron chi connectivity index (χ3n) is 2.85. The quantitative estimate of drug-likeness (QED) is 0.586. The van der Waals surface area contributed by atoms with E-state index in [0.717, 1.165) is 18.8 Å². The summed E-state index contributed by atoms with van der Waals surface area (Å²) in [5.74, 6) is 0.779. The first-order valence-corrected chi connectivity index (χ1v) is 4.08. The molecule has 1 nitrogen and oxygen atoms in total. The van der Waals surface area contributed by atoms with Gasteiger partial charge in [0, 0.05) is 6.42 Å². The Morgan fingerprint density at radius 1 is 1.50 bits per heavy atom. The van der Waals surface area contributed by atoms with Crippen molar-refractivity contribution < 1.29 is 0 Å². The Morgan fingerprint density at radius 3 is 2.40 bits per heavy atom. The summed E-state index contributed by atoms with van der Waals surface area (Å²) in [5, 5.41) is 8.39. The largest absolute Gasteiger partial charge is 0.198 e. The lowest BCUT2D eigenvalue weighted by molar-refractivity contribution is 0.337. The van der Waals surface area contributed by atoms with Gasteiger partial charge in [0.25, 0.3) is 0 Å². The SMILES string of the molecule is CC(C)C1(CCC#N)CC1. The van der Waals surface area contributed by atoms with E-state index in [2.05, 4.69) is 19.9 Å². The summed E-state index contributed by atoms with van der Waals surface area (Å²) < 4.78 is 0. The van der Waals surface area contributed by atoms with E-state index in [1.807, 2.05) is 0 Å². The van der Waals surface area contributed by atoms with Crippen LogP contribution in [0.25, 0.3) is 0 Å². The fourth-order valence-electron chi connectivity index (χ4n) is 1.58. The lowest BCUT2D eigenvalue weighted by Crippen LogP contribution is -2.08. The highest BCUT2D eigenvalue weighted by atomic mass is 14.5. The van der Waals surface area contributed by atoms with E-state index in [1.54, 1.807) is 0 Å². The number of hydrogen-bond acceptors (Lipinski definition) is 1. The zero-order valence-electron chi connectivity index (χ0n) is 6.85. The molecule has 0 aromatic carbocycles. The van der Waals surface area contributed by atoms with Crippen LogP contribution in [0.1, 0.15) is 39.5 Å². The summed E-state index contributed by atoms with van der Waals surface area (Å²) in [6.45, 7) is 4.54. The Bertz CT molecular complexity index is 149. The second-order valence-corrected chi connectivity index (χ2v) is 3.68. The molecule has 0 aliphatic heterocycles. The van der Waals surface area contributed by atoms with Crippen LogP contribution in [0.3, 0.4) is 0 Å². The fraction of sp³-hybridized carbons (Fsp3) is 0.889. The van der Waals surface area contributed by atoms with Crippen molar-refractivity contribution in [3.05, 3.63) is 0 Å². The minimum Gasteiger partial charge on any atom is -0.198 e. The molecule has 0 bridgehead atoms.